The molecule has 1 atom stereocenters. The maximum Gasteiger partial charge on any atom is 0.314 e. The zero-order chi connectivity index (χ0) is 16.1. The first-order chi connectivity index (χ1) is 10.5. The van der Waals surface area contributed by atoms with Crippen molar-refractivity contribution in [3.63, 3.8) is 0 Å². The topological polar surface area (TPSA) is 66.6 Å². The summed E-state index contributed by atoms with van der Waals surface area (Å²) < 4.78 is 12.9. The second-order valence-electron chi connectivity index (χ2n) is 5.72. The van der Waals surface area contributed by atoms with Gasteiger partial charge in [-0.25, -0.2) is 9.18 Å². The molecule has 1 aromatic rings. The predicted octanol–water partition coefficient (Wildman–Crippen LogP) is 1.93. The minimum Gasteiger partial charge on any atom is -0.351 e. The van der Waals surface area contributed by atoms with Crippen LogP contribution in [0.5, 0.6) is 0 Å². The molecule has 120 valence electrons. The van der Waals surface area contributed by atoms with Crippen LogP contribution in [0.25, 0.3) is 0 Å². The number of rotatable bonds is 3. The van der Waals surface area contributed by atoms with Crippen LogP contribution < -0.4 is 5.73 Å². The molecule has 2 rings (SSSR count). The van der Waals surface area contributed by atoms with Gasteiger partial charge in [-0.2, -0.15) is 0 Å². The van der Waals surface area contributed by atoms with E-state index >= 15 is 0 Å². The van der Waals surface area contributed by atoms with Gasteiger partial charge < -0.3 is 15.5 Å². The predicted molar refractivity (Wildman–Crippen MR) is 81.8 cm³/mol. The lowest BCUT2D eigenvalue weighted by atomic mass is 9.97. The molecule has 1 aliphatic heterocycles. The van der Waals surface area contributed by atoms with Gasteiger partial charge in [0.05, 0.1) is 0 Å². The van der Waals surface area contributed by atoms with Gasteiger partial charge in [0.2, 0.25) is 5.91 Å². The first-order valence-corrected chi connectivity index (χ1v) is 7.55. The van der Waals surface area contributed by atoms with E-state index in [0.717, 1.165) is 12.0 Å². The number of benzene rings is 1. The Kier molecular flexibility index (Phi) is 5.35. The van der Waals surface area contributed by atoms with E-state index in [-0.39, 0.29) is 17.6 Å². The monoisotopic (exact) mass is 307 g/mol. The number of amides is 3. The fraction of sp³-hybridized carbons (Fsp3) is 0.500. The summed E-state index contributed by atoms with van der Waals surface area (Å²) in [4.78, 5) is 26.9. The van der Waals surface area contributed by atoms with Gasteiger partial charge in [-0.3, -0.25) is 4.79 Å². The van der Waals surface area contributed by atoms with Crippen LogP contribution >= 0.6 is 0 Å². The number of hydrogen-bond acceptors (Lipinski definition) is 2. The average Bonchev–Trinajstić information content (AvgIpc) is 2.73. The van der Waals surface area contributed by atoms with Crippen LogP contribution in [-0.4, -0.2) is 47.9 Å². The summed E-state index contributed by atoms with van der Waals surface area (Å²) in [7, 11) is 0. The lowest BCUT2D eigenvalue weighted by molar-refractivity contribution is -0.131. The van der Waals surface area contributed by atoms with E-state index < -0.39 is 6.03 Å². The largest absolute Gasteiger partial charge is 0.351 e. The Labute approximate surface area is 129 Å². The fourth-order valence-corrected chi connectivity index (χ4v) is 2.69. The number of urea groups is 1. The number of carbonyl (C=O) groups excluding carboxylic acids is 2. The van der Waals surface area contributed by atoms with Crippen molar-refractivity contribution in [3.05, 3.63) is 35.6 Å². The first-order valence-electron chi connectivity index (χ1n) is 7.55. The van der Waals surface area contributed by atoms with Crippen molar-refractivity contribution in [2.45, 2.75) is 25.7 Å². The van der Waals surface area contributed by atoms with Crippen LogP contribution in [-0.2, 0) is 4.79 Å². The molecule has 1 saturated heterocycles. The summed E-state index contributed by atoms with van der Waals surface area (Å²) in [6, 6.07) is 5.81. The fourth-order valence-electron chi connectivity index (χ4n) is 2.69. The Bertz CT molecular complexity index is 533. The molecule has 6 heteroatoms. The van der Waals surface area contributed by atoms with Crippen molar-refractivity contribution in [3.8, 4) is 0 Å². The summed E-state index contributed by atoms with van der Waals surface area (Å²) in [6.45, 7) is 4.17. The van der Waals surface area contributed by atoms with Crippen molar-refractivity contribution in [2.24, 2.45) is 5.73 Å². The third-order valence-electron chi connectivity index (χ3n) is 4.08. The Morgan fingerprint density at radius 3 is 2.36 bits per heavy atom. The molecule has 22 heavy (non-hydrogen) atoms. The van der Waals surface area contributed by atoms with Crippen molar-refractivity contribution in [1.82, 2.24) is 9.80 Å². The molecule has 1 unspecified atom stereocenters. The van der Waals surface area contributed by atoms with Gasteiger partial charge in [-0.05, 0) is 30.0 Å². The van der Waals surface area contributed by atoms with Crippen molar-refractivity contribution in [1.29, 1.82) is 0 Å². The SMILES string of the molecule is CC(CC(=O)N1CCCN(C(N)=O)CC1)c1ccc(F)cc1. The molecule has 0 aromatic heterocycles. The van der Waals surface area contributed by atoms with Crippen LogP contribution in [0, 0.1) is 5.82 Å². The van der Waals surface area contributed by atoms with E-state index in [9.17, 15) is 14.0 Å². The average molecular weight is 307 g/mol. The van der Waals surface area contributed by atoms with Gasteiger partial charge in [-0.1, -0.05) is 19.1 Å². The molecule has 0 bridgehead atoms. The van der Waals surface area contributed by atoms with E-state index in [0.29, 0.717) is 32.6 Å². The smallest absolute Gasteiger partial charge is 0.314 e. The van der Waals surface area contributed by atoms with Crippen LogP contribution in [0.1, 0.15) is 31.2 Å². The number of hydrogen-bond donors (Lipinski definition) is 1. The molecule has 1 aliphatic rings. The van der Waals surface area contributed by atoms with Gasteiger partial charge in [0.1, 0.15) is 5.82 Å². The minimum atomic E-state index is -0.436. The molecule has 0 saturated carbocycles. The van der Waals surface area contributed by atoms with E-state index in [4.69, 9.17) is 5.73 Å². The molecule has 1 fully saturated rings. The van der Waals surface area contributed by atoms with E-state index in [1.807, 2.05) is 6.92 Å². The Balaban J connectivity index is 1.91. The summed E-state index contributed by atoms with van der Waals surface area (Å²) in [5, 5.41) is 0. The van der Waals surface area contributed by atoms with Crippen LogP contribution in [0.2, 0.25) is 0 Å². The van der Waals surface area contributed by atoms with Crippen molar-refractivity contribution < 1.29 is 14.0 Å². The Hall–Kier alpha value is -2.11. The molecule has 0 spiro atoms. The number of nitrogens with two attached hydrogens (primary N) is 1. The standard InChI is InChI=1S/C16H22FN3O2/c1-12(13-3-5-14(17)6-4-13)11-15(21)19-7-2-8-20(10-9-19)16(18)22/h3-6,12H,2,7-11H2,1H3,(H2,18,22). The highest BCUT2D eigenvalue weighted by atomic mass is 19.1. The zero-order valence-electron chi connectivity index (χ0n) is 12.8. The molecule has 0 aliphatic carbocycles. The van der Waals surface area contributed by atoms with Crippen LogP contribution in [0.15, 0.2) is 24.3 Å². The lowest BCUT2D eigenvalue weighted by Gasteiger charge is -2.23. The molecule has 0 radical (unpaired) electrons. The lowest BCUT2D eigenvalue weighted by Crippen LogP contribution is -2.39. The van der Waals surface area contributed by atoms with Gasteiger partial charge in [-0.15, -0.1) is 0 Å². The van der Waals surface area contributed by atoms with Crippen LogP contribution in [0.3, 0.4) is 0 Å². The summed E-state index contributed by atoms with van der Waals surface area (Å²) in [5.74, 6) is -0.187. The number of carbonyl (C=O) groups is 2. The highest BCUT2D eigenvalue weighted by Gasteiger charge is 2.22. The highest BCUT2D eigenvalue weighted by Crippen LogP contribution is 2.20. The van der Waals surface area contributed by atoms with Crippen molar-refractivity contribution in [2.75, 3.05) is 26.2 Å². The van der Waals surface area contributed by atoms with Gasteiger partial charge in [0, 0.05) is 32.6 Å². The Morgan fingerprint density at radius 2 is 1.73 bits per heavy atom. The second kappa shape index (κ2) is 7.24. The van der Waals surface area contributed by atoms with Gasteiger partial charge in [0.15, 0.2) is 0 Å². The number of halogens is 1. The van der Waals surface area contributed by atoms with Crippen LogP contribution in [0.4, 0.5) is 9.18 Å². The third-order valence-corrected chi connectivity index (χ3v) is 4.08. The normalized spacial score (nSPS) is 17.0. The van der Waals surface area contributed by atoms with Gasteiger partial charge >= 0.3 is 6.03 Å². The van der Waals surface area contributed by atoms with E-state index in [1.54, 1.807) is 21.9 Å². The maximum absolute atomic E-state index is 12.9. The number of primary amides is 1. The summed E-state index contributed by atoms with van der Waals surface area (Å²) in [5.41, 5.74) is 6.23. The highest BCUT2D eigenvalue weighted by molar-refractivity contribution is 5.77. The molecular weight excluding hydrogens is 285 g/mol. The molecule has 5 nitrogen and oxygen atoms in total. The van der Waals surface area contributed by atoms with E-state index in [2.05, 4.69) is 0 Å². The maximum atomic E-state index is 12.9. The number of nitrogens with zero attached hydrogens (tertiary/aromatic N) is 2. The molecule has 2 N–H and O–H groups in total. The molecular formula is C16H22FN3O2. The van der Waals surface area contributed by atoms with Gasteiger partial charge in [0.25, 0.3) is 0 Å². The third kappa shape index (κ3) is 4.19. The minimum absolute atomic E-state index is 0.0311. The van der Waals surface area contributed by atoms with Crippen molar-refractivity contribution >= 4 is 11.9 Å². The molecule has 1 heterocycles. The summed E-state index contributed by atoms with van der Waals surface area (Å²) >= 11 is 0. The molecule has 1 aromatic carbocycles. The van der Waals surface area contributed by atoms with E-state index in [1.165, 1.54) is 12.1 Å². The quantitative estimate of drug-likeness (QED) is 0.927. The second-order valence-corrected chi connectivity index (χ2v) is 5.72. The molecule has 3 amide bonds. The first kappa shape index (κ1) is 16.3. The summed E-state index contributed by atoms with van der Waals surface area (Å²) in [6.07, 6.45) is 1.11. The Morgan fingerprint density at radius 1 is 1.14 bits per heavy atom. The zero-order valence-corrected chi connectivity index (χ0v) is 12.8.